The Balaban J connectivity index is 2.22. The van der Waals surface area contributed by atoms with Crippen LogP contribution in [0.25, 0.3) is 0 Å². The van der Waals surface area contributed by atoms with Crippen LogP contribution < -0.4 is 11.5 Å². The summed E-state index contributed by atoms with van der Waals surface area (Å²) in [5.74, 6) is 0.953. The van der Waals surface area contributed by atoms with Gasteiger partial charge in [-0.2, -0.15) is 0 Å². The van der Waals surface area contributed by atoms with Gasteiger partial charge >= 0.3 is 0 Å². The molecular weight excluding hydrogens is 216 g/mol. The van der Waals surface area contributed by atoms with Crippen LogP contribution in [0.3, 0.4) is 0 Å². The quantitative estimate of drug-likeness (QED) is 0.603. The van der Waals surface area contributed by atoms with E-state index in [0.717, 1.165) is 75.9 Å². The molecule has 0 aliphatic carbocycles. The maximum atomic E-state index is 5.46. The molecule has 0 atom stereocenters. The number of aromatic nitrogens is 2. The number of rotatable bonds is 10. The average Bonchev–Trinajstić information content (AvgIpc) is 2.78. The molecule has 1 heterocycles. The summed E-state index contributed by atoms with van der Waals surface area (Å²) >= 11 is 0. The van der Waals surface area contributed by atoms with E-state index in [4.69, 9.17) is 16.0 Å². The van der Waals surface area contributed by atoms with Crippen molar-refractivity contribution in [1.29, 1.82) is 0 Å². The molecule has 0 amide bonds. The molecule has 4 N–H and O–H groups in total. The number of nitrogens with two attached hydrogens (primary N) is 2. The van der Waals surface area contributed by atoms with E-state index in [2.05, 4.69) is 10.4 Å². The molecule has 0 saturated carbocycles. The van der Waals surface area contributed by atoms with Crippen LogP contribution in [0.5, 0.6) is 0 Å². The van der Waals surface area contributed by atoms with E-state index in [1.54, 1.807) is 0 Å². The summed E-state index contributed by atoms with van der Waals surface area (Å²) in [4.78, 5) is 0. The first kappa shape index (κ1) is 14.1. The molecule has 0 spiro atoms. The molecule has 17 heavy (non-hydrogen) atoms. The highest BCUT2D eigenvalue weighted by Gasteiger charge is 2.09. The van der Waals surface area contributed by atoms with E-state index in [1.165, 1.54) is 0 Å². The van der Waals surface area contributed by atoms with Gasteiger partial charge in [-0.15, -0.1) is 5.10 Å². The van der Waals surface area contributed by atoms with E-state index in [-0.39, 0.29) is 0 Å². The molecule has 0 bridgehead atoms. The van der Waals surface area contributed by atoms with Crippen LogP contribution in [0.2, 0.25) is 0 Å². The Kier molecular flexibility index (Phi) is 7.58. The average molecular weight is 240 g/mol. The van der Waals surface area contributed by atoms with E-state index < -0.39 is 0 Å². The highest BCUT2D eigenvalue weighted by atomic mass is 16.5. The van der Waals surface area contributed by atoms with Gasteiger partial charge in [0, 0.05) is 11.7 Å². The Labute approximate surface area is 103 Å². The molecule has 5 nitrogen and oxygen atoms in total. The van der Waals surface area contributed by atoms with Crippen molar-refractivity contribution < 1.29 is 4.52 Å². The van der Waals surface area contributed by atoms with Crippen molar-refractivity contribution >= 4 is 0 Å². The Bertz CT molecular complexity index is 261. The summed E-state index contributed by atoms with van der Waals surface area (Å²) in [5, 5.41) is 7.69. The first-order valence-electron chi connectivity index (χ1n) is 6.58. The first-order valence-corrected chi connectivity index (χ1v) is 6.58. The van der Waals surface area contributed by atoms with Gasteiger partial charge in [-0.1, -0.05) is 12.8 Å². The minimum atomic E-state index is 0.764. The summed E-state index contributed by atoms with van der Waals surface area (Å²) < 4.78 is 5.18. The van der Waals surface area contributed by atoms with Gasteiger partial charge in [0.05, 0.1) is 0 Å². The van der Waals surface area contributed by atoms with Crippen molar-refractivity contribution in [3.8, 4) is 0 Å². The molecule has 0 radical (unpaired) electrons. The van der Waals surface area contributed by atoms with Crippen molar-refractivity contribution in [1.82, 2.24) is 10.4 Å². The lowest BCUT2D eigenvalue weighted by Gasteiger charge is -2.00. The van der Waals surface area contributed by atoms with Gasteiger partial charge in [-0.05, 0) is 45.2 Å². The molecule has 1 aromatic heterocycles. The number of hydrogen-bond donors (Lipinski definition) is 2. The Hall–Kier alpha value is -0.940. The third-order valence-electron chi connectivity index (χ3n) is 2.86. The predicted molar refractivity (Wildman–Crippen MR) is 67.5 cm³/mol. The van der Waals surface area contributed by atoms with E-state index in [1.807, 2.05) is 0 Å². The number of nitrogens with zero attached hydrogens (tertiary/aromatic N) is 2. The van der Waals surface area contributed by atoms with E-state index in [9.17, 15) is 0 Å². The maximum absolute atomic E-state index is 5.46. The fourth-order valence-corrected chi connectivity index (χ4v) is 1.83. The normalized spacial score (nSPS) is 10.9. The van der Waals surface area contributed by atoms with Crippen molar-refractivity contribution in [3.63, 3.8) is 0 Å². The molecule has 98 valence electrons. The predicted octanol–water partition coefficient (Wildman–Crippen LogP) is 1.41. The highest BCUT2D eigenvalue weighted by molar-refractivity contribution is 5.05. The molecule has 5 heteroatoms. The topological polar surface area (TPSA) is 91.0 Å². The van der Waals surface area contributed by atoms with Crippen molar-refractivity contribution in [2.24, 2.45) is 11.5 Å². The minimum Gasteiger partial charge on any atom is -0.342 e. The summed E-state index contributed by atoms with van der Waals surface area (Å²) in [6.45, 7) is 1.53. The minimum absolute atomic E-state index is 0.764. The molecule has 0 aliphatic rings. The van der Waals surface area contributed by atoms with Crippen molar-refractivity contribution in [2.75, 3.05) is 13.1 Å². The van der Waals surface area contributed by atoms with Gasteiger partial charge in [-0.25, -0.2) is 0 Å². The van der Waals surface area contributed by atoms with E-state index >= 15 is 0 Å². The van der Waals surface area contributed by atoms with Crippen LogP contribution in [0.15, 0.2) is 4.52 Å². The van der Waals surface area contributed by atoms with Crippen molar-refractivity contribution in [3.05, 3.63) is 11.5 Å². The highest BCUT2D eigenvalue weighted by Crippen LogP contribution is 2.12. The standard InChI is InChI=1S/C12H24N4O/c13-9-5-1-3-7-11-12(17-16-15-11)8-4-2-6-10-14/h1-10,13-14H2. The number of hydrogen-bond acceptors (Lipinski definition) is 5. The van der Waals surface area contributed by atoms with Gasteiger partial charge in [0.2, 0.25) is 0 Å². The third-order valence-corrected chi connectivity index (χ3v) is 2.86. The lowest BCUT2D eigenvalue weighted by atomic mass is 10.1. The Morgan fingerprint density at radius 2 is 1.47 bits per heavy atom. The second-order valence-corrected chi connectivity index (χ2v) is 4.34. The van der Waals surface area contributed by atoms with Crippen LogP contribution in [0, 0.1) is 0 Å². The maximum Gasteiger partial charge on any atom is 0.160 e. The largest absolute Gasteiger partial charge is 0.342 e. The van der Waals surface area contributed by atoms with Crippen LogP contribution in [0.4, 0.5) is 0 Å². The molecule has 0 aliphatic heterocycles. The van der Waals surface area contributed by atoms with Crippen LogP contribution in [-0.4, -0.2) is 23.5 Å². The fourth-order valence-electron chi connectivity index (χ4n) is 1.83. The molecule has 0 fully saturated rings. The molecular formula is C12H24N4O. The zero-order valence-corrected chi connectivity index (χ0v) is 10.5. The summed E-state index contributed by atoms with van der Waals surface area (Å²) in [7, 11) is 0. The molecule has 0 aromatic carbocycles. The van der Waals surface area contributed by atoms with E-state index in [0.29, 0.717) is 0 Å². The Morgan fingerprint density at radius 3 is 2.12 bits per heavy atom. The molecule has 0 saturated heterocycles. The monoisotopic (exact) mass is 240 g/mol. The second-order valence-electron chi connectivity index (χ2n) is 4.34. The number of aryl methyl sites for hydroxylation is 2. The first-order chi connectivity index (χ1) is 8.38. The second kappa shape index (κ2) is 9.13. The van der Waals surface area contributed by atoms with Crippen molar-refractivity contribution in [2.45, 2.75) is 51.4 Å². The van der Waals surface area contributed by atoms with Gasteiger partial charge in [0.15, 0.2) is 5.76 Å². The fraction of sp³-hybridized carbons (Fsp3) is 0.833. The third kappa shape index (κ3) is 5.79. The zero-order chi connectivity index (χ0) is 12.3. The Morgan fingerprint density at radius 1 is 0.824 bits per heavy atom. The summed E-state index contributed by atoms with van der Waals surface area (Å²) in [6, 6.07) is 0. The van der Waals surface area contributed by atoms with Crippen LogP contribution >= 0.6 is 0 Å². The molecule has 1 rings (SSSR count). The van der Waals surface area contributed by atoms with Crippen LogP contribution in [-0.2, 0) is 12.8 Å². The molecule has 0 unspecified atom stereocenters. The van der Waals surface area contributed by atoms with Crippen LogP contribution in [0.1, 0.15) is 50.0 Å². The lowest BCUT2D eigenvalue weighted by Crippen LogP contribution is -2.00. The summed E-state index contributed by atoms with van der Waals surface area (Å²) in [5.41, 5.74) is 11.9. The summed E-state index contributed by atoms with van der Waals surface area (Å²) in [6.07, 6.45) is 8.55. The van der Waals surface area contributed by atoms with Gasteiger partial charge < -0.3 is 16.0 Å². The van der Waals surface area contributed by atoms with Gasteiger partial charge in [0.1, 0.15) is 5.69 Å². The smallest absolute Gasteiger partial charge is 0.160 e. The molecule has 1 aromatic rings. The van der Waals surface area contributed by atoms with Gasteiger partial charge in [-0.3, -0.25) is 0 Å². The zero-order valence-electron chi connectivity index (χ0n) is 10.5. The number of unbranched alkanes of at least 4 members (excludes halogenated alkanes) is 4. The SMILES string of the molecule is NCCCCCc1nnoc1CCCCCN. The lowest BCUT2D eigenvalue weighted by molar-refractivity contribution is 0.358. The van der Waals surface area contributed by atoms with Gasteiger partial charge in [0.25, 0.3) is 0 Å².